The zero-order valence-electron chi connectivity index (χ0n) is 14.2. The average molecular weight is 345 g/mol. The van der Waals surface area contributed by atoms with Crippen molar-refractivity contribution in [2.45, 2.75) is 32.2 Å². The van der Waals surface area contributed by atoms with Crippen molar-refractivity contribution in [3.8, 4) is 5.75 Å². The summed E-state index contributed by atoms with van der Waals surface area (Å²) in [5.74, 6) is 0.771. The van der Waals surface area contributed by atoms with Crippen molar-refractivity contribution in [3.63, 3.8) is 0 Å². The molecule has 1 aromatic rings. The number of halogens is 1. The van der Waals surface area contributed by atoms with E-state index in [0.29, 0.717) is 6.54 Å². The Morgan fingerprint density at radius 1 is 1.39 bits per heavy atom. The Kier molecular flexibility index (Phi) is 11.5. The molecule has 0 radical (unpaired) electrons. The second-order valence-electron chi connectivity index (χ2n) is 5.52. The summed E-state index contributed by atoms with van der Waals surface area (Å²) >= 11 is 0. The highest BCUT2D eigenvalue weighted by Gasteiger charge is 2.17. The van der Waals surface area contributed by atoms with Crippen LogP contribution in [0, 0.1) is 0 Å². The van der Waals surface area contributed by atoms with E-state index in [2.05, 4.69) is 12.2 Å². The second-order valence-corrected chi connectivity index (χ2v) is 5.52. The molecule has 1 unspecified atom stereocenters. The number of hydrogen-bond donors (Lipinski definition) is 2. The van der Waals surface area contributed by atoms with Crippen molar-refractivity contribution < 1.29 is 14.6 Å². The summed E-state index contributed by atoms with van der Waals surface area (Å²) in [6.45, 7) is 3.31. The molecule has 2 N–H and O–H groups in total. The van der Waals surface area contributed by atoms with Crippen molar-refractivity contribution in [2.24, 2.45) is 0 Å². The fourth-order valence-electron chi connectivity index (χ4n) is 2.06. The lowest BCUT2D eigenvalue weighted by Gasteiger charge is -2.19. The molecule has 0 aromatic heterocycles. The second kappa shape index (κ2) is 12.2. The van der Waals surface area contributed by atoms with Crippen LogP contribution in [0.5, 0.6) is 5.75 Å². The molecule has 1 aromatic carbocycles. The van der Waals surface area contributed by atoms with Gasteiger partial charge in [-0.25, -0.2) is 0 Å². The number of aliphatic hydroxyl groups is 1. The molecular formula is C17H29ClN2O3. The number of ether oxygens (including phenoxy) is 1. The SMILES string of the molecule is CCCCOc1cccc(CCNC(CO)C(=O)N(C)C)c1.Cl. The summed E-state index contributed by atoms with van der Waals surface area (Å²) in [4.78, 5) is 13.3. The number of amides is 1. The Labute approximate surface area is 145 Å². The molecule has 0 saturated carbocycles. The van der Waals surface area contributed by atoms with Gasteiger partial charge in [-0.1, -0.05) is 25.5 Å². The van der Waals surface area contributed by atoms with E-state index in [9.17, 15) is 9.90 Å². The van der Waals surface area contributed by atoms with Gasteiger partial charge in [0.1, 0.15) is 11.8 Å². The number of nitrogens with one attached hydrogen (secondary N) is 1. The van der Waals surface area contributed by atoms with Gasteiger partial charge in [0.05, 0.1) is 13.2 Å². The number of carbonyl (C=O) groups excluding carboxylic acids is 1. The third-order valence-corrected chi connectivity index (χ3v) is 3.39. The van der Waals surface area contributed by atoms with E-state index in [0.717, 1.165) is 37.2 Å². The third-order valence-electron chi connectivity index (χ3n) is 3.39. The Balaban J connectivity index is 0.00000484. The van der Waals surface area contributed by atoms with Crippen LogP contribution in [0.3, 0.4) is 0 Å². The highest BCUT2D eigenvalue weighted by molar-refractivity contribution is 5.85. The maximum Gasteiger partial charge on any atom is 0.241 e. The zero-order valence-corrected chi connectivity index (χ0v) is 15.1. The monoisotopic (exact) mass is 344 g/mol. The van der Waals surface area contributed by atoms with Crippen LogP contribution < -0.4 is 10.1 Å². The van der Waals surface area contributed by atoms with Gasteiger partial charge in [-0.05, 0) is 37.1 Å². The molecule has 0 saturated heterocycles. The number of nitrogens with zero attached hydrogens (tertiary/aromatic N) is 1. The molecule has 1 amide bonds. The molecule has 0 spiro atoms. The topological polar surface area (TPSA) is 61.8 Å². The Morgan fingerprint density at radius 2 is 2.13 bits per heavy atom. The number of rotatable bonds is 10. The summed E-state index contributed by atoms with van der Waals surface area (Å²) in [7, 11) is 3.37. The fourth-order valence-corrected chi connectivity index (χ4v) is 2.06. The molecule has 0 aliphatic heterocycles. The number of benzene rings is 1. The van der Waals surface area contributed by atoms with Crippen molar-refractivity contribution in [1.82, 2.24) is 10.2 Å². The largest absolute Gasteiger partial charge is 0.494 e. The van der Waals surface area contributed by atoms with Crippen LogP contribution in [0.25, 0.3) is 0 Å². The number of hydrogen-bond acceptors (Lipinski definition) is 4. The first-order valence-electron chi connectivity index (χ1n) is 7.85. The molecule has 0 aliphatic carbocycles. The Hall–Kier alpha value is -1.30. The Morgan fingerprint density at radius 3 is 2.74 bits per heavy atom. The van der Waals surface area contributed by atoms with Crippen LogP contribution >= 0.6 is 12.4 Å². The lowest BCUT2D eigenvalue weighted by Crippen LogP contribution is -2.46. The maximum atomic E-state index is 11.8. The molecule has 0 bridgehead atoms. The van der Waals surface area contributed by atoms with Crippen LogP contribution in [0.15, 0.2) is 24.3 Å². The molecule has 132 valence electrons. The van der Waals surface area contributed by atoms with Crippen LogP contribution in [0.2, 0.25) is 0 Å². The highest BCUT2D eigenvalue weighted by Crippen LogP contribution is 2.14. The molecule has 5 nitrogen and oxygen atoms in total. The Bertz CT molecular complexity index is 455. The molecule has 1 atom stereocenters. The molecule has 0 heterocycles. The van der Waals surface area contributed by atoms with Gasteiger partial charge < -0.3 is 20.1 Å². The minimum Gasteiger partial charge on any atom is -0.494 e. The minimum atomic E-state index is -0.543. The molecule has 0 fully saturated rings. The van der Waals surface area contributed by atoms with Gasteiger partial charge in [-0.15, -0.1) is 12.4 Å². The van der Waals surface area contributed by atoms with Crippen LogP contribution in [0.1, 0.15) is 25.3 Å². The fraction of sp³-hybridized carbons (Fsp3) is 0.588. The summed E-state index contributed by atoms with van der Waals surface area (Å²) in [5, 5.41) is 12.4. The van der Waals surface area contributed by atoms with Gasteiger partial charge in [-0.2, -0.15) is 0 Å². The van der Waals surface area contributed by atoms with E-state index in [-0.39, 0.29) is 24.9 Å². The molecule has 23 heavy (non-hydrogen) atoms. The predicted molar refractivity (Wildman–Crippen MR) is 95.4 cm³/mol. The van der Waals surface area contributed by atoms with Gasteiger partial charge in [-0.3, -0.25) is 4.79 Å². The number of likely N-dealkylation sites (N-methyl/N-ethyl adjacent to an activating group) is 1. The first-order valence-corrected chi connectivity index (χ1v) is 7.85. The summed E-state index contributed by atoms with van der Waals surface area (Å²) < 4.78 is 5.68. The molecule has 1 rings (SSSR count). The van der Waals surface area contributed by atoms with Crippen molar-refractivity contribution in [2.75, 3.05) is 33.9 Å². The van der Waals surface area contributed by atoms with E-state index in [1.807, 2.05) is 24.3 Å². The van der Waals surface area contributed by atoms with E-state index >= 15 is 0 Å². The van der Waals surface area contributed by atoms with Crippen LogP contribution in [-0.4, -0.2) is 55.8 Å². The lowest BCUT2D eigenvalue weighted by molar-refractivity contribution is -0.131. The normalized spacial score (nSPS) is 11.5. The van der Waals surface area contributed by atoms with Crippen molar-refractivity contribution >= 4 is 18.3 Å². The number of unbranched alkanes of at least 4 members (excludes halogenated alkanes) is 1. The van der Waals surface area contributed by atoms with E-state index in [1.54, 1.807) is 14.1 Å². The smallest absolute Gasteiger partial charge is 0.241 e. The average Bonchev–Trinajstić information content (AvgIpc) is 2.51. The minimum absolute atomic E-state index is 0. The quantitative estimate of drug-likeness (QED) is 0.636. The predicted octanol–water partition coefficient (Wildman–Crippen LogP) is 1.87. The molecule has 6 heteroatoms. The summed E-state index contributed by atoms with van der Waals surface area (Å²) in [5.41, 5.74) is 1.15. The summed E-state index contributed by atoms with van der Waals surface area (Å²) in [6.07, 6.45) is 2.95. The van der Waals surface area contributed by atoms with E-state index in [1.165, 1.54) is 4.90 Å². The zero-order chi connectivity index (χ0) is 16.4. The number of carbonyl (C=O) groups is 1. The van der Waals surface area contributed by atoms with Crippen LogP contribution in [-0.2, 0) is 11.2 Å². The van der Waals surface area contributed by atoms with Crippen molar-refractivity contribution in [1.29, 1.82) is 0 Å². The van der Waals surface area contributed by atoms with Gasteiger partial charge in [0.15, 0.2) is 0 Å². The lowest BCUT2D eigenvalue weighted by atomic mass is 10.1. The number of aliphatic hydroxyl groups excluding tert-OH is 1. The summed E-state index contributed by atoms with van der Waals surface area (Å²) in [6, 6.07) is 7.46. The third kappa shape index (κ3) is 8.21. The van der Waals surface area contributed by atoms with E-state index < -0.39 is 6.04 Å². The van der Waals surface area contributed by atoms with Gasteiger partial charge in [0.2, 0.25) is 5.91 Å². The standard InChI is InChI=1S/C17H28N2O3.ClH/c1-4-5-11-22-15-8-6-7-14(12-15)9-10-18-16(13-20)17(21)19(2)3;/h6-8,12,16,18,20H,4-5,9-11,13H2,1-3H3;1H. The first kappa shape index (κ1) is 21.7. The highest BCUT2D eigenvalue weighted by atomic mass is 35.5. The van der Waals surface area contributed by atoms with Gasteiger partial charge >= 0.3 is 0 Å². The van der Waals surface area contributed by atoms with Gasteiger partial charge in [0, 0.05) is 14.1 Å². The van der Waals surface area contributed by atoms with Gasteiger partial charge in [0.25, 0.3) is 0 Å². The molecular weight excluding hydrogens is 316 g/mol. The van der Waals surface area contributed by atoms with Crippen molar-refractivity contribution in [3.05, 3.63) is 29.8 Å². The first-order chi connectivity index (χ1) is 10.6. The van der Waals surface area contributed by atoms with E-state index in [4.69, 9.17) is 4.74 Å². The molecule has 0 aliphatic rings. The maximum absolute atomic E-state index is 11.8. The van der Waals surface area contributed by atoms with Crippen LogP contribution in [0.4, 0.5) is 0 Å².